The lowest BCUT2D eigenvalue weighted by atomic mass is 10.1. The smallest absolute Gasteiger partial charge is 0.226 e. The van der Waals surface area contributed by atoms with Crippen LogP contribution in [0.3, 0.4) is 0 Å². The number of carbonyl (C=O) groups excluding carboxylic acids is 1. The third-order valence-corrected chi connectivity index (χ3v) is 3.55. The zero-order chi connectivity index (χ0) is 16.2. The summed E-state index contributed by atoms with van der Waals surface area (Å²) in [6.07, 6.45) is 1.98. The molecule has 0 saturated carbocycles. The number of nitrogens with zero attached hydrogens (tertiary/aromatic N) is 3. The topological polar surface area (TPSA) is 73.0 Å². The van der Waals surface area contributed by atoms with Crippen molar-refractivity contribution in [1.29, 1.82) is 0 Å². The first kappa shape index (κ1) is 15.0. The summed E-state index contributed by atoms with van der Waals surface area (Å²) in [7, 11) is 0. The van der Waals surface area contributed by atoms with Crippen LogP contribution < -0.4 is 5.32 Å². The molecule has 0 aliphatic rings. The van der Waals surface area contributed by atoms with E-state index in [9.17, 15) is 4.79 Å². The fraction of sp³-hybridized carbons (Fsp3) is 0.235. The molecule has 0 aliphatic heterocycles. The molecule has 0 unspecified atom stereocenters. The predicted octanol–water partition coefficient (Wildman–Crippen LogP) is 3.18. The van der Waals surface area contributed by atoms with Crippen molar-refractivity contribution in [2.24, 2.45) is 0 Å². The summed E-state index contributed by atoms with van der Waals surface area (Å²) in [5.74, 6) is 0.664. The fourth-order valence-electron chi connectivity index (χ4n) is 2.41. The highest BCUT2D eigenvalue weighted by Gasteiger charge is 2.07. The maximum absolute atomic E-state index is 12.0. The average Bonchev–Trinajstić information content (AvgIpc) is 3.16. The largest absolute Gasteiger partial charge is 0.356 e. The van der Waals surface area contributed by atoms with E-state index in [1.165, 1.54) is 0 Å². The molecule has 0 fully saturated rings. The lowest BCUT2D eigenvalue weighted by Gasteiger charge is -2.07. The molecule has 1 N–H and O–H groups in total. The van der Waals surface area contributed by atoms with Crippen LogP contribution >= 0.6 is 0 Å². The molecule has 1 aromatic carbocycles. The minimum atomic E-state index is -0.0371. The number of nitrogens with one attached hydrogen (secondary N) is 1. The molecular formula is C17H18N4O2. The van der Waals surface area contributed by atoms with E-state index in [4.69, 9.17) is 4.52 Å². The Morgan fingerprint density at radius 3 is 2.61 bits per heavy atom. The van der Waals surface area contributed by atoms with Crippen molar-refractivity contribution in [2.75, 3.05) is 5.32 Å². The van der Waals surface area contributed by atoms with Crippen molar-refractivity contribution in [3.63, 3.8) is 0 Å². The molecule has 3 rings (SSSR count). The van der Waals surface area contributed by atoms with Gasteiger partial charge in [0.25, 0.3) is 0 Å². The third-order valence-electron chi connectivity index (χ3n) is 3.55. The van der Waals surface area contributed by atoms with E-state index >= 15 is 0 Å². The van der Waals surface area contributed by atoms with Crippen molar-refractivity contribution >= 4 is 11.6 Å². The third kappa shape index (κ3) is 3.66. The van der Waals surface area contributed by atoms with Crippen LogP contribution in [0.2, 0.25) is 0 Å². The monoisotopic (exact) mass is 310 g/mol. The molecule has 23 heavy (non-hydrogen) atoms. The summed E-state index contributed by atoms with van der Waals surface area (Å²) in [6.45, 7) is 4.50. The van der Waals surface area contributed by atoms with Gasteiger partial charge in [0.05, 0.1) is 11.9 Å². The molecule has 0 bridgehead atoms. The lowest BCUT2D eigenvalue weighted by Crippen LogP contribution is -2.15. The number of carbonyl (C=O) groups is 1. The van der Waals surface area contributed by atoms with Gasteiger partial charge in [-0.05, 0) is 44.2 Å². The molecule has 2 aromatic heterocycles. The molecule has 6 nitrogen and oxygen atoms in total. The lowest BCUT2D eigenvalue weighted by molar-refractivity contribution is -0.116. The van der Waals surface area contributed by atoms with Crippen LogP contribution in [0.25, 0.3) is 11.3 Å². The first-order valence-electron chi connectivity index (χ1n) is 7.44. The molecule has 0 aliphatic carbocycles. The molecule has 0 atom stereocenters. The number of rotatable bonds is 5. The molecule has 0 spiro atoms. The van der Waals surface area contributed by atoms with Crippen LogP contribution in [0.5, 0.6) is 0 Å². The summed E-state index contributed by atoms with van der Waals surface area (Å²) >= 11 is 0. The van der Waals surface area contributed by atoms with Gasteiger partial charge in [-0.2, -0.15) is 5.10 Å². The average molecular weight is 310 g/mol. The van der Waals surface area contributed by atoms with Crippen molar-refractivity contribution in [1.82, 2.24) is 14.9 Å². The van der Waals surface area contributed by atoms with Crippen LogP contribution in [0, 0.1) is 13.8 Å². The number of aryl methyl sites for hydroxylation is 3. The standard InChI is InChI=1S/C17H18N4O2/c1-12-11-13(2)21(20-12)10-8-17(22)19-15-5-3-14(4-6-15)16-7-9-18-23-16/h3-7,9,11H,8,10H2,1-2H3,(H,19,22). The quantitative estimate of drug-likeness (QED) is 0.785. The molecule has 1 amide bonds. The predicted molar refractivity (Wildman–Crippen MR) is 86.9 cm³/mol. The van der Waals surface area contributed by atoms with Gasteiger partial charge in [0.15, 0.2) is 5.76 Å². The normalized spacial score (nSPS) is 10.7. The van der Waals surface area contributed by atoms with Gasteiger partial charge in [-0.1, -0.05) is 5.16 Å². The van der Waals surface area contributed by atoms with Gasteiger partial charge >= 0.3 is 0 Å². The Morgan fingerprint density at radius 1 is 1.22 bits per heavy atom. The highest BCUT2D eigenvalue weighted by molar-refractivity contribution is 5.90. The second-order valence-corrected chi connectivity index (χ2v) is 5.40. The van der Waals surface area contributed by atoms with E-state index < -0.39 is 0 Å². The van der Waals surface area contributed by atoms with E-state index in [0.717, 1.165) is 22.6 Å². The van der Waals surface area contributed by atoms with Crippen LogP contribution in [0.4, 0.5) is 5.69 Å². The fourth-order valence-corrected chi connectivity index (χ4v) is 2.41. The van der Waals surface area contributed by atoms with Crippen molar-refractivity contribution in [3.05, 3.63) is 54.0 Å². The molecule has 3 aromatic rings. The summed E-state index contributed by atoms with van der Waals surface area (Å²) < 4.78 is 6.94. The SMILES string of the molecule is Cc1cc(C)n(CCC(=O)Nc2ccc(-c3ccno3)cc2)n1. The first-order chi connectivity index (χ1) is 11.1. The molecule has 6 heteroatoms. The van der Waals surface area contributed by atoms with Crippen LogP contribution in [-0.2, 0) is 11.3 Å². The summed E-state index contributed by atoms with van der Waals surface area (Å²) in [5, 5.41) is 10.9. The Balaban J connectivity index is 1.56. The van der Waals surface area contributed by atoms with Gasteiger partial charge in [0.1, 0.15) is 0 Å². The van der Waals surface area contributed by atoms with Gasteiger partial charge in [0, 0.05) is 36.0 Å². The molecule has 0 saturated heterocycles. The second-order valence-electron chi connectivity index (χ2n) is 5.40. The minimum Gasteiger partial charge on any atom is -0.356 e. The Hall–Kier alpha value is -2.89. The number of hydrogen-bond donors (Lipinski definition) is 1. The maximum Gasteiger partial charge on any atom is 0.226 e. The van der Waals surface area contributed by atoms with Gasteiger partial charge < -0.3 is 9.84 Å². The van der Waals surface area contributed by atoms with Gasteiger partial charge in [-0.25, -0.2) is 0 Å². The van der Waals surface area contributed by atoms with E-state index in [-0.39, 0.29) is 5.91 Å². The van der Waals surface area contributed by atoms with E-state index in [0.29, 0.717) is 18.7 Å². The molecule has 2 heterocycles. The zero-order valence-electron chi connectivity index (χ0n) is 13.1. The molecule has 118 valence electrons. The van der Waals surface area contributed by atoms with Crippen LogP contribution in [0.1, 0.15) is 17.8 Å². The zero-order valence-corrected chi connectivity index (χ0v) is 13.1. The van der Waals surface area contributed by atoms with E-state index in [2.05, 4.69) is 15.6 Å². The van der Waals surface area contributed by atoms with Gasteiger partial charge in [-0.3, -0.25) is 9.48 Å². The Morgan fingerprint density at radius 2 is 2.00 bits per heavy atom. The summed E-state index contributed by atoms with van der Waals surface area (Å²) in [6, 6.07) is 11.3. The summed E-state index contributed by atoms with van der Waals surface area (Å²) in [5.41, 5.74) is 3.70. The van der Waals surface area contributed by atoms with Crippen LogP contribution in [0.15, 0.2) is 47.1 Å². The first-order valence-corrected chi connectivity index (χ1v) is 7.44. The Bertz CT molecular complexity index is 789. The van der Waals surface area contributed by atoms with Crippen molar-refractivity contribution in [2.45, 2.75) is 26.8 Å². The highest BCUT2D eigenvalue weighted by atomic mass is 16.5. The maximum atomic E-state index is 12.0. The van der Waals surface area contributed by atoms with E-state index in [1.807, 2.05) is 48.9 Å². The summed E-state index contributed by atoms with van der Waals surface area (Å²) in [4.78, 5) is 12.0. The number of amides is 1. The number of hydrogen-bond acceptors (Lipinski definition) is 4. The van der Waals surface area contributed by atoms with Gasteiger partial charge in [-0.15, -0.1) is 0 Å². The Labute approximate surface area is 134 Å². The van der Waals surface area contributed by atoms with E-state index in [1.54, 1.807) is 12.3 Å². The number of aromatic nitrogens is 3. The van der Waals surface area contributed by atoms with Gasteiger partial charge in [0.2, 0.25) is 5.91 Å². The highest BCUT2D eigenvalue weighted by Crippen LogP contribution is 2.20. The number of benzene rings is 1. The second kappa shape index (κ2) is 6.48. The minimum absolute atomic E-state index is 0.0371. The Kier molecular flexibility index (Phi) is 4.23. The van der Waals surface area contributed by atoms with Crippen molar-refractivity contribution < 1.29 is 9.32 Å². The molecular weight excluding hydrogens is 292 g/mol. The van der Waals surface area contributed by atoms with Crippen molar-refractivity contribution in [3.8, 4) is 11.3 Å². The van der Waals surface area contributed by atoms with Crippen LogP contribution in [-0.4, -0.2) is 20.8 Å². The number of anilines is 1. The molecule has 0 radical (unpaired) electrons.